The largest absolute Gasteiger partial charge is 0.338 e. The third-order valence-electron chi connectivity index (χ3n) is 3.93. The molecule has 82 valence electrons. The molecule has 3 rings (SSSR count). The lowest BCUT2D eigenvalue weighted by molar-refractivity contribution is 0.244. The first-order valence-corrected chi connectivity index (χ1v) is 5.91. The van der Waals surface area contributed by atoms with Gasteiger partial charge in [-0.2, -0.15) is 0 Å². The highest BCUT2D eigenvalue weighted by molar-refractivity contribution is 5.44. The summed E-state index contributed by atoms with van der Waals surface area (Å²) in [6, 6.07) is 5.11. The van der Waals surface area contributed by atoms with Gasteiger partial charge in [0.15, 0.2) is 0 Å². The van der Waals surface area contributed by atoms with Crippen LogP contribution in [0, 0.1) is 0 Å². The van der Waals surface area contributed by atoms with Gasteiger partial charge in [0.05, 0.1) is 6.17 Å². The van der Waals surface area contributed by atoms with Crippen LogP contribution in [0.3, 0.4) is 0 Å². The highest BCUT2D eigenvalue weighted by Crippen LogP contribution is 2.33. The van der Waals surface area contributed by atoms with E-state index in [4.69, 9.17) is 0 Å². The van der Waals surface area contributed by atoms with E-state index in [9.17, 15) is 0 Å². The summed E-state index contributed by atoms with van der Waals surface area (Å²) in [4.78, 5) is 5.19. The van der Waals surface area contributed by atoms with Crippen molar-refractivity contribution in [2.75, 3.05) is 18.0 Å². The molecule has 2 bridgehead atoms. The minimum atomic E-state index is 0.575. The van der Waals surface area contributed by atoms with Gasteiger partial charge in [0, 0.05) is 32.4 Å². The molecule has 0 amide bonds. The average molecular weight is 205 g/mol. The molecule has 2 aliphatic heterocycles. The zero-order chi connectivity index (χ0) is 10.4. The maximum atomic E-state index is 2.60. The summed E-state index contributed by atoms with van der Waals surface area (Å²) in [6.07, 6.45) is 5.42. The molecule has 3 heteroatoms. The topological polar surface area (TPSA) is 11.4 Å². The molecule has 3 unspecified atom stereocenters. The van der Waals surface area contributed by atoms with Crippen LogP contribution in [0.1, 0.15) is 19.8 Å². The van der Waals surface area contributed by atoms with Crippen molar-refractivity contribution < 1.29 is 0 Å². The van der Waals surface area contributed by atoms with E-state index in [-0.39, 0.29) is 0 Å². The van der Waals surface area contributed by atoms with Crippen LogP contribution in [-0.2, 0) is 7.05 Å². The Morgan fingerprint density at radius 1 is 1.40 bits per heavy atom. The highest BCUT2D eigenvalue weighted by atomic mass is 15.5. The quantitative estimate of drug-likeness (QED) is 0.690. The van der Waals surface area contributed by atoms with Crippen molar-refractivity contribution in [3.8, 4) is 0 Å². The highest BCUT2D eigenvalue weighted by Gasteiger charge is 2.39. The molecule has 0 spiro atoms. The van der Waals surface area contributed by atoms with Crippen molar-refractivity contribution in [2.45, 2.75) is 32.0 Å². The average Bonchev–Trinajstić information content (AvgIpc) is 2.73. The number of anilines is 1. The number of fused-ring (bicyclic) bond motifs is 2. The summed E-state index contributed by atoms with van der Waals surface area (Å²) in [6.45, 7) is 4.86. The van der Waals surface area contributed by atoms with Crippen LogP contribution in [0.25, 0.3) is 0 Å². The van der Waals surface area contributed by atoms with Crippen LogP contribution in [-0.4, -0.2) is 34.8 Å². The van der Waals surface area contributed by atoms with Gasteiger partial charge >= 0.3 is 0 Å². The molecule has 3 nitrogen and oxygen atoms in total. The van der Waals surface area contributed by atoms with Gasteiger partial charge in [-0.15, -0.1) is 0 Å². The second-order valence-corrected chi connectivity index (χ2v) is 4.81. The van der Waals surface area contributed by atoms with E-state index in [0.717, 1.165) is 6.04 Å². The lowest BCUT2D eigenvalue weighted by atomic mass is 10.1. The molecule has 3 atom stereocenters. The van der Waals surface area contributed by atoms with Crippen LogP contribution in [0.15, 0.2) is 18.3 Å². The van der Waals surface area contributed by atoms with Crippen LogP contribution in [0.5, 0.6) is 0 Å². The Bertz CT molecular complexity index is 356. The molecule has 3 heterocycles. The van der Waals surface area contributed by atoms with Crippen LogP contribution in [0.2, 0.25) is 0 Å². The van der Waals surface area contributed by atoms with E-state index in [1.165, 1.54) is 31.7 Å². The van der Waals surface area contributed by atoms with Crippen LogP contribution < -0.4 is 4.90 Å². The normalized spacial score (nSPS) is 34.8. The summed E-state index contributed by atoms with van der Waals surface area (Å²) < 4.78 is 2.23. The van der Waals surface area contributed by atoms with Crippen molar-refractivity contribution in [3.63, 3.8) is 0 Å². The minimum Gasteiger partial charge on any atom is -0.338 e. The summed E-state index contributed by atoms with van der Waals surface area (Å²) in [5.74, 6) is 1.37. The lowest BCUT2D eigenvalue weighted by Gasteiger charge is -2.29. The van der Waals surface area contributed by atoms with E-state index in [2.05, 4.69) is 46.7 Å². The van der Waals surface area contributed by atoms with Gasteiger partial charge in [-0.05, 0) is 31.9 Å². The van der Waals surface area contributed by atoms with E-state index >= 15 is 0 Å². The maximum absolute atomic E-state index is 2.60. The van der Waals surface area contributed by atoms with Crippen molar-refractivity contribution >= 4 is 5.82 Å². The number of aryl methyl sites for hydroxylation is 1. The number of hydrogen-bond donors (Lipinski definition) is 0. The summed E-state index contributed by atoms with van der Waals surface area (Å²) in [5, 5.41) is 0. The predicted octanol–water partition coefficient (Wildman–Crippen LogP) is 1.66. The maximum Gasteiger partial charge on any atom is 0.109 e. The molecule has 1 aromatic rings. The van der Waals surface area contributed by atoms with Crippen molar-refractivity contribution in [3.05, 3.63) is 18.3 Å². The van der Waals surface area contributed by atoms with Gasteiger partial charge in [0.1, 0.15) is 5.82 Å². The molecular formula is C12H19N3. The predicted molar refractivity (Wildman–Crippen MR) is 61.9 cm³/mol. The Morgan fingerprint density at radius 3 is 2.93 bits per heavy atom. The number of rotatable bonds is 1. The van der Waals surface area contributed by atoms with Gasteiger partial charge in [0.25, 0.3) is 0 Å². The molecule has 2 saturated heterocycles. The summed E-state index contributed by atoms with van der Waals surface area (Å²) in [5.41, 5.74) is 0. The molecule has 0 saturated carbocycles. The monoisotopic (exact) mass is 205 g/mol. The fraction of sp³-hybridized carbons (Fsp3) is 0.667. The molecule has 2 aliphatic rings. The standard InChI is InChI=1S/C12H19N3/c1-10-14-8-3-5-11(9-14)15(10)12-6-4-7-13(12)2/h4,6-7,10-11H,3,5,8-9H2,1-2H3. The zero-order valence-electron chi connectivity index (χ0n) is 9.56. The van der Waals surface area contributed by atoms with Crippen molar-refractivity contribution in [1.82, 2.24) is 9.47 Å². The Morgan fingerprint density at radius 2 is 2.27 bits per heavy atom. The fourth-order valence-corrected chi connectivity index (χ4v) is 3.13. The Balaban J connectivity index is 1.96. The summed E-state index contributed by atoms with van der Waals surface area (Å²) >= 11 is 0. The summed E-state index contributed by atoms with van der Waals surface area (Å²) in [7, 11) is 2.14. The molecule has 0 N–H and O–H groups in total. The lowest BCUT2D eigenvalue weighted by Crippen LogP contribution is -2.37. The Labute approximate surface area is 91.3 Å². The third kappa shape index (κ3) is 1.29. The second kappa shape index (κ2) is 3.27. The van der Waals surface area contributed by atoms with E-state index < -0.39 is 0 Å². The number of aromatic nitrogens is 1. The first kappa shape index (κ1) is 9.28. The third-order valence-corrected chi connectivity index (χ3v) is 3.93. The van der Waals surface area contributed by atoms with Crippen LogP contribution >= 0.6 is 0 Å². The van der Waals surface area contributed by atoms with E-state index in [1.54, 1.807) is 0 Å². The molecule has 15 heavy (non-hydrogen) atoms. The molecule has 0 aromatic carbocycles. The molecule has 2 fully saturated rings. The van der Waals surface area contributed by atoms with Gasteiger partial charge in [-0.3, -0.25) is 4.90 Å². The second-order valence-electron chi connectivity index (χ2n) is 4.81. The van der Waals surface area contributed by atoms with Gasteiger partial charge in [0.2, 0.25) is 0 Å². The Hall–Kier alpha value is -0.960. The van der Waals surface area contributed by atoms with Crippen molar-refractivity contribution in [2.24, 2.45) is 7.05 Å². The first-order chi connectivity index (χ1) is 7.27. The number of hydrogen-bond acceptors (Lipinski definition) is 2. The minimum absolute atomic E-state index is 0.575. The van der Waals surface area contributed by atoms with E-state index in [1.807, 2.05) is 0 Å². The molecule has 0 aliphatic carbocycles. The number of piperidine rings is 1. The first-order valence-electron chi connectivity index (χ1n) is 5.91. The zero-order valence-corrected chi connectivity index (χ0v) is 9.56. The van der Waals surface area contributed by atoms with Crippen LogP contribution in [0.4, 0.5) is 5.82 Å². The van der Waals surface area contributed by atoms with Gasteiger partial charge < -0.3 is 9.47 Å². The Kier molecular flexibility index (Phi) is 2.02. The fourth-order valence-electron chi connectivity index (χ4n) is 3.13. The smallest absolute Gasteiger partial charge is 0.109 e. The van der Waals surface area contributed by atoms with E-state index in [0.29, 0.717) is 6.17 Å². The molecule has 1 aromatic heterocycles. The molecule has 0 radical (unpaired) electrons. The SMILES string of the molecule is CC1N2CCCC(C2)N1c1cccn1C. The van der Waals surface area contributed by atoms with Gasteiger partial charge in [-0.1, -0.05) is 0 Å². The van der Waals surface area contributed by atoms with Crippen molar-refractivity contribution in [1.29, 1.82) is 0 Å². The molecular weight excluding hydrogens is 186 g/mol. The number of nitrogens with zero attached hydrogens (tertiary/aromatic N) is 3. The van der Waals surface area contributed by atoms with Gasteiger partial charge in [-0.25, -0.2) is 0 Å².